The Morgan fingerprint density at radius 1 is 1.12 bits per heavy atom. The van der Waals surface area contributed by atoms with E-state index in [1.165, 1.54) is 11.3 Å². The number of amides is 1. The van der Waals surface area contributed by atoms with Crippen molar-refractivity contribution in [1.82, 2.24) is 10.2 Å². The van der Waals surface area contributed by atoms with Crippen LogP contribution >= 0.6 is 11.3 Å². The third-order valence-corrected chi connectivity index (χ3v) is 4.70. The minimum atomic E-state index is -0.583. The van der Waals surface area contributed by atoms with Gasteiger partial charge >= 0.3 is 0 Å². The summed E-state index contributed by atoms with van der Waals surface area (Å²) in [5.41, 5.74) is 3.18. The number of aromatic nitrogens is 2. The van der Waals surface area contributed by atoms with Crippen molar-refractivity contribution in [2.75, 3.05) is 5.32 Å². The summed E-state index contributed by atoms with van der Waals surface area (Å²) in [6.45, 7) is 5.93. The summed E-state index contributed by atoms with van der Waals surface area (Å²) in [6.07, 6.45) is -0.0244. The van der Waals surface area contributed by atoms with Gasteiger partial charge in [-0.05, 0) is 43.5 Å². The maximum atomic E-state index is 12.6. The van der Waals surface area contributed by atoms with E-state index < -0.39 is 6.10 Å². The number of carbonyl (C=O) groups is 1. The maximum absolute atomic E-state index is 12.6. The Balaban J connectivity index is 1.69. The number of rotatable bonds is 6. The summed E-state index contributed by atoms with van der Waals surface area (Å²) in [4.78, 5) is 12.6. The molecule has 0 spiro atoms. The molecule has 1 N–H and O–H groups in total. The van der Waals surface area contributed by atoms with Crippen molar-refractivity contribution in [2.24, 2.45) is 0 Å². The van der Waals surface area contributed by atoms with Crippen LogP contribution in [0.4, 0.5) is 5.13 Å². The summed E-state index contributed by atoms with van der Waals surface area (Å²) in [6, 6.07) is 15.7. The van der Waals surface area contributed by atoms with Crippen LogP contribution in [-0.4, -0.2) is 22.2 Å². The standard InChI is InChI=1S/C20H21N3O2S/c1-4-17(25-16-11-13(2)10-14(3)12-16)18(24)21-20-23-22-19(26-20)15-8-6-5-7-9-15/h5-12,17H,4H2,1-3H3,(H,21,23,24)/t17-/m0/s1. The normalized spacial score (nSPS) is 11.8. The molecule has 1 aromatic heterocycles. The second-order valence-corrected chi connectivity index (χ2v) is 7.08. The highest BCUT2D eigenvalue weighted by molar-refractivity contribution is 7.18. The number of hydrogen-bond acceptors (Lipinski definition) is 5. The molecule has 1 amide bonds. The number of ether oxygens (including phenoxy) is 1. The van der Waals surface area contributed by atoms with Crippen molar-refractivity contribution in [3.8, 4) is 16.3 Å². The van der Waals surface area contributed by atoms with Gasteiger partial charge in [0.15, 0.2) is 6.10 Å². The second kappa shape index (κ2) is 8.10. The van der Waals surface area contributed by atoms with Crippen molar-refractivity contribution in [3.05, 3.63) is 59.7 Å². The molecule has 0 aliphatic heterocycles. The molecule has 26 heavy (non-hydrogen) atoms. The number of benzene rings is 2. The average molecular weight is 367 g/mol. The van der Waals surface area contributed by atoms with Crippen molar-refractivity contribution >= 4 is 22.4 Å². The minimum Gasteiger partial charge on any atom is -0.481 e. The highest BCUT2D eigenvalue weighted by Crippen LogP contribution is 2.26. The van der Waals surface area contributed by atoms with Gasteiger partial charge in [-0.25, -0.2) is 0 Å². The van der Waals surface area contributed by atoms with Gasteiger partial charge in [0.25, 0.3) is 5.91 Å². The van der Waals surface area contributed by atoms with E-state index in [1.54, 1.807) is 0 Å². The second-order valence-electron chi connectivity index (χ2n) is 6.11. The topological polar surface area (TPSA) is 64.1 Å². The van der Waals surface area contributed by atoms with E-state index in [1.807, 2.05) is 63.2 Å². The molecule has 0 fully saturated rings. The Hall–Kier alpha value is -2.73. The molecule has 134 valence electrons. The Morgan fingerprint density at radius 2 is 1.81 bits per heavy atom. The molecule has 1 heterocycles. The largest absolute Gasteiger partial charge is 0.481 e. The predicted molar refractivity (Wildman–Crippen MR) is 105 cm³/mol. The van der Waals surface area contributed by atoms with E-state index in [4.69, 9.17) is 4.74 Å². The Kier molecular flexibility index (Phi) is 5.63. The lowest BCUT2D eigenvalue weighted by Gasteiger charge is -2.17. The fourth-order valence-electron chi connectivity index (χ4n) is 2.64. The van der Waals surface area contributed by atoms with E-state index in [9.17, 15) is 4.79 Å². The van der Waals surface area contributed by atoms with Gasteiger partial charge in [-0.15, -0.1) is 10.2 Å². The van der Waals surface area contributed by atoms with Crippen LogP contribution in [0.1, 0.15) is 24.5 Å². The maximum Gasteiger partial charge on any atom is 0.267 e. The van der Waals surface area contributed by atoms with Gasteiger partial charge in [0.2, 0.25) is 5.13 Å². The number of aryl methyl sites for hydroxylation is 2. The number of carbonyl (C=O) groups excluding carboxylic acids is 1. The third kappa shape index (κ3) is 4.46. The fourth-order valence-corrected chi connectivity index (χ4v) is 3.40. The molecule has 0 aliphatic carbocycles. The molecular weight excluding hydrogens is 346 g/mol. The van der Waals surface area contributed by atoms with Crippen LogP contribution in [-0.2, 0) is 4.79 Å². The third-order valence-electron chi connectivity index (χ3n) is 3.81. The van der Waals surface area contributed by atoms with Crippen molar-refractivity contribution in [2.45, 2.75) is 33.3 Å². The van der Waals surface area contributed by atoms with Gasteiger partial charge < -0.3 is 4.74 Å². The van der Waals surface area contributed by atoms with Gasteiger partial charge in [0.05, 0.1) is 0 Å². The molecule has 2 aromatic carbocycles. The number of hydrogen-bond donors (Lipinski definition) is 1. The first-order valence-corrected chi connectivity index (χ1v) is 9.31. The minimum absolute atomic E-state index is 0.220. The van der Waals surface area contributed by atoms with Crippen molar-refractivity contribution in [1.29, 1.82) is 0 Å². The Morgan fingerprint density at radius 3 is 2.46 bits per heavy atom. The quantitative estimate of drug-likeness (QED) is 0.690. The molecule has 0 aliphatic rings. The molecule has 0 unspecified atom stereocenters. The van der Waals surface area contributed by atoms with Gasteiger partial charge in [0.1, 0.15) is 10.8 Å². The molecular formula is C20H21N3O2S. The zero-order valence-corrected chi connectivity index (χ0v) is 15.8. The smallest absolute Gasteiger partial charge is 0.267 e. The molecule has 1 atom stereocenters. The lowest BCUT2D eigenvalue weighted by atomic mass is 10.1. The lowest BCUT2D eigenvalue weighted by molar-refractivity contribution is -0.122. The molecule has 6 heteroatoms. The number of anilines is 1. The highest BCUT2D eigenvalue weighted by Gasteiger charge is 2.20. The molecule has 3 rings (SSSR count). The first-order chi connectivity index (χ1) is 12.5. The molecule has 0 radical (unpaired) electrons. The number of nitrogens with zero attached hydrogens (tertiary/aromatic N) is 2. The van der Waals surface area contributed by atoms with Crippen LogP contribution < -0.4 is 10.1 Å². The zero-order valence-electron chi connectivity index (χ0n) is 15.0. The van der Waals surface area contributed by atoms with Gasteiger partial charge in [-0.3, -0.25) is 10.1 Å². The molecule has 0 bridgehead atoms. The zero-order chi connectivity index (χ0) is 18.5. The summed E-state index contributed by atoms with van der Waals surface area (Å²) in [5.74, 6) is 0.481. The van der Waals surface area contributed by atoms with Crippen LogP contribution in [0.5, 0.6) is 5.75 Å². The highest BCUT2D eigenvalue weighted by atomic mass is 32.1. The van der Waals surface area contributed by atoms with Crippen LogP contribution in [0, 0.1) is 13.8 Å². The first kappa shape index (κ1) is 18.1. The van der Waals surface area contributed by atoms with Crippen LogP contribution in [0.15, 0.2) is 48.5 Å². The van der Waals surface area contributed by atoms with Crippen molar-refractivity contribution < 1.29 is 9.53 Å². The Labute approximate surface area is 157 Å². The predicted octanol–water partition coefficient (Wildman–Crippen LogP) is 4.62. The first-order valence-electron chi connectivity index (χ1n) is 8.50. The summed E-state index contributed by atoms with van der Waals surface area (Å²) in [5, 5.41) is 12.3. The summed E-state index contributed by atoms with van der Waals surface area (Å²) in [7, 11) is 0. The summed E-state index contributed by atoms with van der Waals surface area (Å²) < 4.78 is 5.90. The van der Waals surface area contributed by atoms with E-state index in [-0.39, 0.29) is 5.91 Å². The SMILES string of the molecule is CC[C@H](Oc1cc(C)cc(C)c1)C(=O)Nc1nnc(-c2ccccc2)s1. The fraction of sp³-hybridized carbons (Fsp3) is 0.250. The van der Waals surface area contributed by atoms with Crippen LogP contribution in [0.3, 0.4) is 0 Å². The van der Waals surface area contributed by atoms with E-state index in [0.717, 1.165) is 21.7 Å². The van der Waals surface area contributed by atoms with E-state index in [0.29, 0.717) is 17.3 Å². The van der Waals surface area contributed by atoms with Crippen LogP contribution in [0.2, 0.25) is 0 Å². The lowest BCUT2D eigenvalue weighted by Crippen LogP contribution is -2.32. The van der Waals surface area contributed by atoms with Crippen LogP contribution in [0.25, 0.3) is 10.6 Å². The average Bonchev–Trinajstić information content (AvgIpc) is 3.08. The summed E-state index contributed by atoms with van der Waals surface area (Å²) >= 11 is 1.34. The van der Waals surface area contributed by atoms with Gasteiger partial charge in [-0.2, -0.15) is 0 Å². The van der Waals surface area contributed by atoms with Crippen molar-refractivity contribution in [3.63, 3.8) is 0 Å². The van der Waals surface area contributed by atoms with Gasteiger partial charge in [-0.1, -0.05) is 54.7 Å². The molecule has 3 aromatic rings. The molecule has 5 nitrogen and oxygen atoms in total. The van der Waals surface area contributed by atoms with E-state index in [2.05, 4.69) is 21.6 Å². The van der Waals surface area contributed by atoms with E-state index >= 15 is 0 Å². The number of nitrogens with one attached hydrogen (secondary N) is 1. The molecule has 0 saturated carbocycles. The molecule has 0 saturated heterocycles. The monoisotopic (exact) mass is 367 g/mol. The van der Waals surface area contributed by atoms with Gasteiger partial charge in [0, 0.05) is 5.56 Å². The Bertz CT molecular complexity index is 873.